The fraction of sp³-hybridized carbons (Fsp3) is 1.00. The van der Waals surface area contributed by atoms with Gasteiger partial charge in [0.15, 0.2) is 0 Å². The third-order valence-corrected chi connectivity index (χ3v) is 3.93. The van der Waals surface area contributed by atoms with Gasteiger partial charge in [-0.1, -0.05) is 46.5 Å². The maximum atomic E-state index is 5.64. The third kappa shape index (κ3) is 6.42. The van der Waals surface area contributed by atoms with Crippen molar-refractivity contribution in [2.75, 3.05) is 13.7 Å². The number of unbranched alkanes of at least 4 members (excludes halogenated alkanes) is 1. The van der Waals surface area contributed by atoms with Crippen LogP contribution < -0.4 is 5.32 Å². The highest BCUT2D eigenvalue weighted by Gasteiger charge is 2.30. The molecule has 0 aromatic carbocycles. The van der Waals surface area contributed by atoms with Gasteiger partial charge in [0.2, 0.25) is 0 Å². The fourth-order valence-electron chi connectivity index (χ4n) is 2.32. The number of ether oxygens (including phenoxy) is 1. The highest BCUT2D eigenvalue weighted by Crippen LogP contribution is 2.25. The molecule has 2 atom stereocenters. The fourth-order valence-corrected chi connectivity index (χ4v) is 2.32. The van der Waals surface area contributed by atoms with Gasteiger partial charge in [0.1, 0.15) is 0 Å². The van der Waals surface area contributed by atoms with Crippen LogP contribution in [0.1, 0.15) is 66.7 Å². The molecule has 0 rings (SSSR count). The second-order valence-corrected chi connectivity index (χ2v) is 5.57. The van der Waals surface area contributed by atoms with Crippen LogP contribution >= 0.6 is 0 Å². The summed E-state index contributed by atoms with van der Waals surface area (Å²) >= 11 is 0. The van der Waals surface area contributed by atoms with Crippen molar-refractivity contribution in [1.82, 2.24) is 5.32 Å². The Balaban J connectivity index is 4.39. The SMILES string of the molecule is CCCCC(CC)CC(NCC)C(C)(C)OC. The Bertz CT molecular complexity index is 180. The van der Waals surface area contributed by atoms with Crippen molar-refractivity contribution >= 4 is 0 Å². The van der Waals surface area contributed by atoms with E-state index in [4.69, 9.17) is 4.74 Å². The minimum Gasteiger partial charge on any atom is -0.377 e. The van der Waals surface area contributed by atoms with Gasteiger partial charge in [-0.05, 0) is 32.7 Å². The average molecular weight is 243 g/mol. The summed E-state index contributed by atoms with van der Waals surface area (Å²) in [4.78, 5) is 0. The molecule has 0 saturated heterocycles. The summed E-state index contributed by atoms with van der Waals surface area (Å²) < 4.78 is 5.64. The van der Waals surface area contributed by atoms with Crippen LogP contribution in [0.4, 0.5) is 0 Å². The Morgan fingerprint density at radius 2 is 1.82 bits per heavy atom. The van der Waals surface area contributed by atoms with Gasteiger partial charge in [0.05, 0.1) is 5.60 Å². The van der Waals surface area contributed by atoms with E-state index in [1.54, 1.807) is 0 Å². The first-order valence-corrected chi connectivity index (χ1v) is 7.30. The summed E-state index contributed by atoms with van der Waals surface area (Å²) in [7, 11) is 1.82. The molecule has 0 saturated carbocycles. The lowest BCUT2D eigenvalue weighted by Crippen LogP contribution is -2.49. The predicted molar refractivity (Wildman–Crippen MR) is 76.5 cm³/mol. The van der Waals surface area contributed by atoms with Crippen LogP contribution in [-0.4, -0.2) is 25.3 Å². The van der Waals surface area contributed by atoms with Crippen molar-refractivity contribution in [3.05, 3.63) is 0 Å². The normalized spacial score (nSPS) is 15.9. The zero-order chi connectivity index (χ0) is 13.3. The summed E-state index contributed by atoms with van der Waals surface area (Å²) in [6.45, 7) is 12.1. The second-order valence-electron chi connectivity index (χ2n) is 5.57. The van der Waals surface area contributed by atoms with E-state index >= 15 is 0 Å². The summed E-state index contributed by atoms with van der Waals surface area (Å²) in [5.41, 5.74) is -0.0738. The van der Waals surface area contributed by atoms with Crippen molar-refractivity contribution < 1.29 is 4.74 Å². The monoisotopic (exact) mass is 243 g/mol. The first-order valence-electron chi connectivity index (χ1n) is 7.30. The molecule has 0 amide bonds. The molecule has 17 heavy (non-hydrogen) atoms. The molecule has 1 N–H and O–H groups in total. The standard InChI is InChI=1S/C15H33NO/c1-7-10-11-13(8-2)12-14(16-9-3)15(4,5)17-6/h13-14,16H,7-12H2,1-6H3. The van der Waals surface area contributed by atoms with E-state index in [2.05, 4.69) is 39.9 Å². The van der Waals surface area contributed by atoms with Crippen LogP contribution in [0.25, 0.3) is 0 Å². The molecule has 0 aliphatic heterocycles. The predicted octanol–water partition coefficient (Wildman–Crippen LogP) is 4.00. The van der Waals surface area contributed by atoms with Crippen LogP contribution in [-0.2, 0) is 4.74 Å². The number of likely N-dealkylation sites (N-methyl/N-ethyl adjacent to an activating group) is 1. The van der Waals surface area contributed by atoms with E-state index < -0.39 is 0 Å². The van der Waals surface area contributed by atoms with Crippen molar-refractivity contribution in [2.45, 2.75) is 78.4 Å². The van der Waals surface area contributed by atoms with E-state index in [9.17, 15) is 0 Å². The van der Waals surface area contributed by atoms with E-state index in [0.717, 1.165) is 12.5 Å². The zero-order valence-electron chi connectivity index (χ0n) is 12.8. The smallest absolute Gasteiger partial charge is 0.0775 e. The molecule has 0 spiro atoms. The number of hydrogen-bond acceptors (Lipinski definition) is 2. The molecule has 2 unspecified atom stereocenters. The van der Waals surface area contributed by atoms with Gasteiger partial charge in [-0.25, -0.2) is 0 Å². The highest BCUT2D eigenvalue weighted by atomic mass is 16.5. The lowest BCUT2D eigenvalue weighted by Gasteiger charge is -2.36. The Hall–Kier alpha value is -0.0800. The van der Waals surface area contributed by atoms with E-state index in [0.29, 0.717) is 6.04 Å². The minimum atomic E-state index is -0.0738. The summed E-state index contributed by atoms with van der Waals surface area (Å²) in [6.07, 6.45) is 6.52. The van der Waals surface area contributed by atoms with Crippen molar-refractivity contribution in [1.29, 1.82) is 0 Å². The zero-order valence-corrected chi connectivity index (χ0v) is 12.8. The van der Waals surface area contributed by atoms with Gasteiger partial charge in [0.25, 0.3) is 0 Å². The molecule has 0 aromatic heterocycles. The van der Waals surface area contributed by atoms with E-state index in [1.807, 2.05) is 7.11 Å². The Labute approximate surface area is 109 Å². The van der Waals surface area contributed by atoms with Crippen molar-refractivity contribution in [3.63, 3.8) is 0 Å². The minimum absolute atomic E-state index is 0.0738. The van der Waals surface area contributed by atoms with Gasteiger partial charge in [-0.2, -0.15) is 0 Å². The maximum absolute atomic E-state index is 5.64. The quantitative estimate of drug-likeness (QED) is 0.626. The molecule has 0 aliphatic carbocycles. The first kappa shape index (κ1) is 16.9. The molecule has 0 heterocycles. The molecular formula is C15H33NO. The summed E-state index contributed by atoms with van der Waals surface area (Å²) in [5.74, 6) is 0.827. The Morgan fingerprint density at radius 3 is 2.24 bits per heavy atom. The molecule has 0 bridgehead atoms. The molecular weight excluding hydrogens is 210 g/mol. The molecule has 0 aromatic rings. The van der Waals surface area contributed by atoms with Gasteiger partial charge >= 0.3 is 0 Å². The van der Waals surface area contributed by atoms with Crippen molar-refractivity contribution in [2.24, 2.45) is 5.92 Å². The van der Waals surface area contributed by atoms with Gasteiger partial charge < -0.3 is 10.1 Å². The molecule has 0 radical (unpaired) electrons. The largest absolute Gasteiger partial charge is 0.377 e. The summed E-state index contributed by atoms with van der Waals surface area (Å²) in [5, 5.41) is 3.59. The van der Waals surface area contributed by atoms with E-state index in [-0.39, 0.29) is 5.60 Å². The summed E-state index contributed by atoms with van der Waals surface area (Å²) in [6, 6.07) is 0.458. The number of methoxy groups -OCH3 is 1. The second kappa shape index (κ2) is 8.93. The number of nitrogens with one attached hydrogen (secondary N) is 1. The van der Waals surface area contributed by atoms with Crippen LogP contribution in [0.5, 0.6) is 0 Å². The maximum Gasteiger partial charge on any atom is 0.0775 e. The first-order chi connectivity index (χ1) is 8.01. The average Bonchev–Trinajstić information content (AvgIpc) is 2.33. The lowest BCUT2D eigenvalue weighted by molar-refractivity contribution is -0.0170. The van der Waals surface area contributed by atoms with Crippen molar-refractivity contribution in [3.8, 4) is 0 Å². The van der Waals surface area contributed by atoms with E-state index in [1.165, 1.54) is 32.1 Å². The number of rotatable bonds is 10. The molecule has 0 fully saturated rings. The van der Waals surface area contributed by atoms with Gasteiger partial charge in [-0.15, -0.1) is 0 Å². The molecule has 2 heteroatoms. The van der Waals surface area contributed by atoms with Crippen LogP contribution in [0.15, 0.2) is 0 Å². The topological polar surface area (TPSA) is 21.3 Å². The van der Waals surface area contributed by atoms with Crippen LogP contribution in [0, 0.1) is 5.92 Å². The van der Waals surface area contributed by atoms with Gasteiger partial charge in [-0.3, -0.25) is 0 Å². The van der Waals surface area contributed by atoms with Gasteiger partial charge in [0, 0.05) is 13.2 Å². The lowest BCUT2D eigenvalue weighted by atomic mass is 9.85. The Morgan fingerprint density at radius 1 is 1.18 bits per heavy atom. The van der Waals surface area contributed by atoms with Crippen LogP contribution in [0.2, 0.25) is 0 Å². The third-order valence-electron chi connectivity index (χ3n) is 3.93. The molecule has 0 aliphatic rings. The number of hydrogen-bond donors (Lipinski definition) is 1. The van der Waals surface area contributed by atoms with Crippen LogP contribution in [0.3, 0.4) is 0 Å². The highest BCUT2D eigenvalue weighted by molar-refractivity contribution is 4.86. The molecule has 2 nitrogen and oxygen atoms in total. The molecule has 104 valence electrons. The Kier molecular flexibility index (Phi) is 8.89.